The fourth-order valence-corrected chi connectivity index (χ4v) is 2.79. The van der Waals surface area contributed by atoms with Gasteiger partial charge in [0.2, 0.25) is 0 Å². The van der Waals surface area contributed by atoms with E-state index in [4.69, 9.17) is 7.98 Å². The van der Waals surface area contributed by atoms with E-state index in [0.29, 0.717) is 6.04 Å². The third kappa shape index (κ3) is 4.91. The van der Waals surface area contributed by atoms with Gasteiger partial charge in [-0.25, -0.2) is 0 Å². The molecule has 4 heteroatoms. The summed E-state index contributed by atoms with van der Waals surface area (Å²) in [5.41, 5.74) is 0. The van der Waals surface area contributed by atoms with Crippen molar-refractivity contribution in [3.8, 4) is 0 Å². The highest BCUT2D eigenvalue weighted by Gasteiger charge is 2.26. The quantitative estimate of drug-likeness (QED) is 0.703. The van der Waals surface area contributed by atoms with E-state index in [1.165, 1.54) is 26.1 Å². The van der Waals surface area contributed by atoms with Crippen LogP contribution in [0.1, 0.15) is 34.1 Å². The highest BCUT2D eigenvalue weighted by atomic mass is 15.2. The van der Waals surface area contributed by atoms with Crippen LogP contribution in [-0.4, -0.2) is 74.4 Å². The van der Waals surface area contributed by atoms with E-state index in [0.717, 1.165) is 32.1 Å². The van der Waals surface area contributed by atoms with Gasteiger partial charge in [0, 0.05) is 32.2 Å². The monoisotopic (exact) mass is 251 g/mol. The number of hydrogen-bond acceptors (Lipinski definition) is 3. The van der Waals surface area contributed by atoms with E-state index in [1.54, 1.807) is 0 Å². The molecule has 0 spiro atoms. The fraction of sp³-hybridized carbons (Fsp3) is 1.00. The average Bonchev–Trinajstić information content (AvgIpc) is 2.83. The van der Waals surface area contributed by atoms with Crippen molar-refractivity contribution in [1.29, 1.82) is 0 Å². The van der Waals surface area contributed by atoms with E-state index in [-0.39, 0.29) is 0 Å². The molecule has 2 aliphatic rings. The molecule has 0 aromatic heterocycles. The lowest BCUT2D eigenvalue weighted by Crippen LogP contribution is -2.47. The molecule has 2 aliphatic heterocycles. The summed E-state index contributed by atoms with van der Waals surface area (Å²) in [5.74, 6) is 0.881. The maximum Gasteiger partial charge on any atom is 0.182 e. The van der Waals surface area contributed by atoms with Crippen molar-refractivity contribution in [3.05, 3.63) is 0 Å². The van der Waals surface area contributed by atoms with Crippen molar-refractivity contribution >= 4 is 7.98 Å². The Morgan fingerprint density at radius 1 is 1.06 bits per heavy atom. The minimum absolute atomic E-state index is 0.714. The van der Waals surface area contributed by atoms with Crippen LogP contribution in [0.4, 0.5) is 0 Å². The lowest BCUT2D eigenvalue weighted by atomic mass is 10.1. The largest absolute Gasteiger partial charge is 0.351 e. The van der Waals surface area contributed by atoms with E-state index < -0.39 is 0 Å². The van der Waals surface area contributed by atoms with Crippen molar-refractivity contribution < 1.29 is 0 Å². The maximum absolute atomic E-state index is 5.77. The molecule has 0 N–H and O–H groups in total. The first-order valence-electron chi connectivity index (χ1n) is 7.61. The molecule has 2 radical (unpaired) electrons. The van der Waals surface area contributed by atoms with Crippen LogP contribution in [0.5, 0.6) is 0 Å². The zero-order valence-electron chi connectivity index (χ0n) is 12.7. The summed E-state index contributed by atoms with van der Waals surface area (Å²) in [7, 11) is 5.77. The molecule has 3 nitrogen and oxygen atoms in total. The summed E-state index contributed by atoms with van der Waals surface area (Å²) >= 11 is 0. The molecule has 0 aromatic rings. The van der Waals surface area contributed by atoms with E-state index in [2.05, 4.69) is 23.6 Å². The Bertz CT molecular complexity index is 215. The first-order valence-corrected chi connectivity index (χ1v) is 7.61. The lowest BCUT2D eigenvalue weighted by Gasteiger charge is -2.34. The minimum Gasteiger partial charge on any atom is -0.351 e. The normalized spacial score (nSPS) is 27.3. The molecule has 0 amide bonds. The summed E-state index contributed by atoms with van der Waals surface area (Å²) < 4.78 is 0. The van der Waals surface area contributed by atoms with Crippen LogP contribution in [0.15, 0.2) is 0 Å². The van der Waals surface area contributed by atoms with Crippen molar-refractivity contribution in [2.24, 2.45) is 5.92 Å². The van der Waals surface area contributed by atoms with Crippen LogP contribution in [0.3, 0.4) is 0 Å². The molecule has 0 bridgehead atoms. The molecule has 0 aromatic carbocycles. The lowest BCUT2D eigenvalue weighted by molar-refractivity contribution is 0.163. The second-order valence-electron chi connectivity index (χ2n) is 5.58. The van der Waals surface area contributed by atoms with Gasteiger partial charge in [-0.05, 0) is 45.8 Å². The first-order chi connectivity index (χ1) is 8.65. The Morgan fingerprint density at radius 2 is 1.67 bits per heavy atom. The number of nitrogens with zero attached hydrogens (tertiary/aromatic N) is 3. The summed E-state index contributed by atoms with van der Waals surface area (Å²) in [6, 6.07) is 0.714. The molecule has 0 aliphatic carbocycles. The van der Waals surface area contributed by atoms with Crippen LogP contribution >= 0.6 is 0 Å². The van der Waals surface area contributed by atoms with Crippen molar-refractivity contribution in [2.45, 2.75) is 40.2 Å². The molecule has 18 heavy (non-hydrogen) atoms. The summed E-state index contributed by atoms with van der Waals surface area (Å²) in [4.78, 5) is 7.12. The summed E-state index contributed by atoms with van der Waals surface area (Å²) in [6.45, 7) is 16.8. The molecule has 104 valence electrons. The minimum atomic E-state index is 0.714. The highest BCUT2D eigenvalue weighted by molar-refractivity contribution is 6.04. The predicted octanol–water partition coefficient (Wildman–Crippen LogP) is 1.44. The van der Waals surface area contributed by atoms with Gasteiger partial charge in [0.1, 0.15) is 0 Å². The van der Waals surface area contributed by atoms with Gasteiger partial charge in [-0.2, -0.15) is 0 Å². The van der Waals surface area contributed by atoms with Gasteiger partial charge in [-0.1, -0.05) is 13.8 Å². The topological polar surface area (TPSA) is 9.72 Å². The van der Waals surface area contributed by atoms with Crippen molar-refractivity contribution in [2.75, 3.05) is 45.8 Å². The van der Waals surface area contributed by atoms with E-state index in [1.807, 2.05) is 18.7 Å². The van der Waals surface area contributed by atoms with Gasteiger partial charge < -0.3 is 14.6 Å². The van der Waals surface area contributed by atoms with Gasteiger partial charge >= 0.3 is 0 Å². The van der Waals surface area contributed by atoms with E-state index in [9.17, 15) is 0 Å². The highest BCUT2D eigenvalue weighted by Crippen LogP contribution is 2.19. The Morgan fingerprint density at radius 3 is 2.17 bits per heavy atom. The maximum atomic E-state index is 5.77. The molecular weight excluding hydrogens is 221 g/mol. The molecular formula is C14H30BN3. The Kier molecular flexibility index (Phi) is 7.27. The SMILES string of the molecule is CC.[B]N1CCN(CC2CCN(C(C)C)C2)CC1. The zero-order chi connectivity index (χ0) is 13.5. The van der Waals surface area contributed by atoms with Crippen molar-refractivity contribution in [1.82, 2.24) is 14.6 Å². The molecule has 2 heterocycles. The van der Waals surface area contributed by atoms with Crippen molar-refractivity contribution in [3.63, 3.8) is 0 Å². The Hall–Kier alpha value is -0.0551. The van der Waals surface area contributed by atoms with Crippen LogP contribution in [0, 0.1) is 5.92 Å². The Balaban J connectivity index is 0.000000771. The smallest absolute Gasteiger partial charge is 0.182 e. The van der Waals surface area contributed by atoms with Crippen LogP contribution in [0.25, 0.3) is 0 Å². The second-order valence-corrected chi connectivity index (χ2v) is 5.58. The van der Waals surface area contributed by atoms with Gasteiger partial charge in [-0.15, -0.1) is 0 Å². The van der Waals surface area contributed by atoms with Gasteiger partial charge in [0.25, 0.3) is 0 Å². The van der Waals surface area contributed by atoms with Gasteiger partial charge in [0.05, 0.1) is 0 Å². The predicted molar refractivity (Wildman–Crippen MR) is 79.9 cm³/mol. The van der Waals surface area contributed by atoms with Crippen LogP contribution < -0.4 is 0 Å². The number of likely N-dealkylation sites (tertiary alicyclic amines) is 1. The number of rotatable bonds is 3. The average molecular weight is 251 g/mol. The third-order valence-corrected chi connectivity index (χ3v) is 3.97. The summed E-state index contributed by atoms with van der Waals surface area (Å²) in [5, 5.41) is 0. The first kappa shape index (κ1) is 16.0. The second kappa shape index (κ2) is 8.18. The Labute approximate surface area is 115 Å². The van der Waals surface area contributed by atoms with Gasteiger partial charge in [0.15, 0.2) is 7.98 Å². The van der Waals surface area contributed by atoms with Gasteiger partial charge in [-0.3, -0.25) is 0 Å². The summed E-state index contributed by atoms with van der Waals surface area (Å²) in [6.07, 6.45) is 1.38. The molecule has 1 unspecified atom stereocenters. The third-order valence-electron chi connectivity index (χ3n) is 3.97. The molecule has 2 saturated heterocycles. The fourth-order valence-electron chi connectivity index (χ4n) is 2.79. The van der Waals surface area contributed by atoms with E-state index >= 15 is 0 Å². The number of hydrogen-bond donors (Lipinski definition) is 0. The molecule has 0 saturated carbocycles. The molecule has 2 fully saturated rings. The molecule has 2 rings (SSSR count). The number of piperazine rings is 1. The molecule has 1 atom stereocenters. The zero-order valence-corrected chi connectivity index (χ0v) is 12.7. The van der Waals surface area contributed by atoms with Crippen LogP contribution in [0.2, 0.25) is 0 Å². The van der Waals surface area contributed by atoms with Crippen LogP contribution in [-0.2, 0) is 0 Å². The standard InChI is InChI=1S/C12H24BN3.C2H6/c1-11(2)15-4-3-12(10-15)9-14-5-7-16(13)8-6-14;1-2/h11-12H,3-10H2,1-2H3;1-2H3.